The van der Waals surface area contributed by atoms with Crippen molar-refractivity contribution < 1.29 is 42.2 Å². The van der Waals surface area contributed by atoms with E-state index in [1.165, 1.54) is 18.7 Å². The molecule has 3 aliphatic rings. The van der Waals surface area contributed by atoms with E-state index in [1.807, 2.05) is 0 Å². The minimum Gasteiger partial charge on any atom is -0.477 e. The number of ether oxygens (including phenoxy) is 1. The van der Waals surface area contributed by atoms with Gasteiger partial charge in [0.1, 0.15) is 23.7 Å². The maximum absolute atomic E-state index is 13.2. The monoisotopic (exact) mass is 536 g/mol. The summed E-state index contributed by atoms with van der Waals surface area (Å²) in [6, 6.07) is -0.994. The van der Waals surface area contributed by atoms with Crippen LogP contribution in [-0.4, -0.2) is 67.3 Å². The van der Waals surface area contributed by atoms with E-state index in [-0.39, 0.29) is 48.2 Å². The zero-order chi connectivity index (χ0) is 25.7. The molecule has 35 heavy (non-hydrogen) atoms. The molecule has 0 bridgehead atoms. The lowest BCUT2D eigenvalue weighted by atomic mass is 10.0. The molecule has 1 aromatic rings. The van der Waals surface area contributed by atoms with Crippen LogP contribution < -0.4 is 5.32 Å². The van der Waals surface area contributed by atoms with Gasteiger partial charge in [0.15, 0.2) is 5.69 Å². The predicted molar refractivity (Wildman–Crippen MR) is 115 cm³/mol. The van der Waals surface area contributed by atoms with Crippen LogP contribution in [0.3, 0.4) is 0 Å². The average molecular weight is 537 g/mol. The fraction of sp³-hybridized carbons (Fsp3) is 0.550. The number of carbonyl (C=O) groups is 4. The van der Waals surface area contributed by atoms with Crippen molar-refractivity contribution in [3.8, 4) is 0 Å². The first-order valence-corrected chi connectivity index (χ1v) is 12.0. The van der Waals surface area contributed by atoms with Gasteiger partial charge in [-0.05, 0) is 12.8 Å². The van der Waals surface area contributed by atoms with Gasteiger partial charge in [-0.25, -0.2) is 4.79 Å². The molecule has 3 heterocycles. The van der Waals surface area contributed by atoms with Crippen LogP contribution in [0.4, 0.5) is 13.2 Å². The first-order valence-electron chi connectivity index (χ1n) is 10.6. The van der Waals surface area contributed by atoms with E-state index >= 15 is 0 Å². The molecule has 2 amide bonds. The van der Waals surface area contributed by atoms with E-state index < -0.39 is 52.1 Å². The number of nitrogens with one attached hydrogen (secondary N) is 1. The molecule has 1 aromatic heterocycles. The Kier molecular flexibility index (Phi) is 6.79. The molecule has 1 aliphatic carbocycles. The van der Waals surface area contributed by atoms with Crippen molar-refractivity contribution in [3.05, 3.63) is 27.7 Å². The Hall–Kier alpha value is -2.74. The molecular formula is C20H20ClF3N4O6S. The molecule has 0 spiro atoms. The Morgan fingerprint density at radius 2 is 2.00 bits per heavy atom. The minimum absolute atomic E-state index is 0.142. The Labute approximate surface area is 205 Å². The number of carbonyl (C=O) groups excluding carboxylic acids is 3. The summed E-state index contributed by atoms with van der Waals surface area (Å²) in [6.45, 7) is 0.741. The summed E-state index contributed by atoms with van der Waals surface area (Å²) in [7, 11) is 0. The van der Waals surface area contributed by atoms with Gasteiger partial charge in [0.25, 0.3) is 5.91 Å². The van der Waals surface area contributed by atoms with Crippen LogP contribution in [0.2, 0.25) is 5.02 Å². The standard InChI is InChI=1S/C20H20ClF3N4O6S/c1-8(29)34-6-10-7-35-18-13(17(31)28(18)15(10)19(32)33)25-11(30)4-5-27-14(9-2-3-9)12(21)16(26-27)20(22,23)24/h9,13,18H,2-7H2,1H3,(H,25,30)(H,32,33)/t13-,18-/m0/s1. The number of aromatic nitrogens is 2. The van der Waals surface area contributed by atoms with Crippen LogP contribution in [0.1, 0.15) is 43.5 Å². The summed E-state index contributed by atoms with van der Waals surface area (Å²) >= 11 is 7.13. The molecule has 2 fully saturated rings. The van der Waals surface area contributed by atoms with Crippen LogP contribution >= 0.6 is 23.4 Å². The molecule has 0 radical (unpaired) electrons. The SMILES string of the molecule is CC(=O)OCC1=C(C(=O)O)N2C(=O)[C@H](NC(=O)CCn3nc(C(F)(F)F)c(Cl)c3C3CC3)[C@@H]2SC1. The maximum atomic E-state index is 13.2. The van der Waals surface area contributed by atoms with Gasteiger partial charge in [-0.2, -0.15) is 18.3 Å². The Bertz CT molecular complexity index is 1130. The fourth-order valence-electron chi connectivity index (χ4n) is 3.99. The quantitative estimate of drug-likeness (QED) is 0.382. The molecule has 4 rings (SSSR count). The number of hydrogen-bond acceptors (Lipinski definition) is 7. The largest absolute Gasteiger partial charge is 0.477 e. The van der Waals surface area contributed by atoms with Crippen molar-refractivity contribution in [1.82, 2.24) is 20.0 Å². The molecule has 2 aliphatic heterocycles. The van der Waals surface area contributed by atoms with Crippen molar-refractivity contribution in [2.24, 2.45) is 0 Å². The second-order valence-corrected chi connectivity index (χ2v) is 9.77. The number of carboxylic acid groups (broad SMARTS) is 1. The predicted octanol–water partition coefficient (Wildman–Crippen LogP) is 2.12. The average Bonchev–Trinajstić information content (AvgIpc) is 3.55. The highest BCUT2D eigenvalue weighted by Crippen LogP contribution is 2.47. The number of aryl methyl sites for hydroxylation is 1. The molecule has 2 atom stereocenters. The lowest BCUT2D eigenvalue weighted by molar-refractivity contribution is -0.151. The number of thioether (sulfide) groups is 1. The Morgan fingerprint density at radius 1 is 1.31 bits per heavy atom. The van der Waals surface area contributed by atoms with Crippen LogP contribution in [0.15, 0.2) is 11.3 Å². The molecule has 10 nitrogen and oxygen atoms in total. The lowest BCUT2D eigenvalue weighted by Crippen LogP contribution is -2.70. The van der Waals surface area contributed by atoms with Gasteiger partial charge >= 0.3 is 18.1 Å². The summed E-state index contributed by atoms with van der Waals surface area (Å²) < 4.78 is 45.6. The van der Waals surface area contributed by atoms with Gasteiger partial charge in [-0.15, -0.1) is 11.8 Å². The Morgan fingerprint density at radius 3 is 2.57 bits per heavy atom. The van der Waals surface area contributed by atoms with Crippen molar-refractivity contribution in [2.45, 2.75) is 56.2 Å². The zero-order valence-corrected chi connectivity index (χ0v) is 19.8. The van der Waals surface area contributed by atoms with E-state index in [9.17, 15) is 37.5 Å². The molecular weight excluding hydrogens is 517 g/mol. The summed E-state index contributed by atoms with van der Waals surface area (Å²) in [6.07, 6.45) is -3.62. The number of halogens is 4. The highest BCUT2D eigenvalue weighted by molar-refractivity contribution is 8.00. The number of amides is 2. The third-order valence-corrected chi connectivity index (χ3v) is 7.44. The van der Waals surface area contributed by atoms with E-state index in [0.29, 0.717) is 12.8 Å². The molecule has 15 heteroatoms. The summed E-state index contributed by atoms with van der Waals surface area (Å²) in [5.74, 6) is -3.17. The fourth-order valence-corrected chi connectivity index (χ4v) is 5.71. The highest BCUT2D eigenvalue weighted by atomic mass is 35.5. The first-order chi connectivity index (χ1) is 16.4. The number of nitrogens with zero attached hydrogens (tertiary/aromatic N) is 3. The molecule has 0 unspecified atom stereocenters. The van der Waals surface area contributed by atoms with E-state index in [0.717, 1.165) is 9.58 Å². The second-order valence-electron chi connectivity index (χ2n) is 8.29. The van der Waals surface area contributed by atoms with Gasteiger partial charge in [0.05, 0.1) is 17.3 Å². The molecule has 1 saturated carbocycles. The van der Waals surface area contributed by atoms with Crippen molar-refractivity contribution in [2.75, 3.05) is 12.4 Å². The van der Waals surface area contributed by atoms with E-state index in [4.69, 9.17) is 16.3 Å². The van der Waals surface area contributed by atoms with E-state index in [2.05, 4.69) is 10.4 Å². The van der Waals surface area contributed by atoms with Crippen LogP contribution in [-0.2, 0) is 36.6 Å². The number of rotatable bonds is 8. The van der Waals surface area contributed by atoms with Gasteiger partial charge < -0.3 is 15.2 Å². The smallest absolute Gasteiger partial charge is 0.436 e. The van der Waals surface area contributed by atoms with Crippen molar-refractivity contribution in [1.29, 1.82) is 0 Å². The van der Waals surface area contributed by atoms with Crippen molar-refractivity contribution in [3.63, 3.8) is 0 Å². The molecule has 0 aromatic carbocycles. The number of β-lactam (4-membered cyclic amide) rings is 1. The number of aliphatic carboxylic acids is 1. The summed E-state index contributed by atoms with van der Waals surface area (Å²) in [5.41, 5.74) is -0.972. The number of alkyl halides is 3. The van der Waals surface area contributed by atoms with Crippen LogP contribution in [0.25, 0.3) is 0 Å². The second kappa shape index (κ2) is 9.37. The van der Waals surface area contributed by atoms with E-state index in [1.54, 1.807) is 0 Å². The molecule has 1 saturated heterocycles. The lowest BCUT2D eigenvalue weighted by Gasteiger charge is -2.49. The number of carboxylic acids is 1. The van der Waals surface area contributed by atoms with Gasteiger partial charge in [-0.3, -0.25) is 24.0 Å². The third-order valence-electron chi connectivity index (χ3n) is 5.73. The van der Waals surface area contributed by atoms with Gasteiger partial charge in [-0.1, -0.05) is 11.6 Å². The van der Waals surface area contributed by atoms with Gasteiger partial charge in [0.2, 0.25) is 5.91 Å². The summed E-state index contributed by atoms with van der Waals surface area (Å²) in [4.78, 5) is 49.0. The summed E-state index contributed by atoms with van der Waals surface area (Å²) in [5, 5.41) is 14.5. The highest BCUT2D eigenvalue weighted by Gasteiger charge is 2.54. The Balaban J connectivity index is 1.41. The van der Waals surface area contributed by atoms with Crippen LogP contribution in [0.5, 0.6) is 0 Å². The first kappa shape index (κ1) is 25.4. The normalized spacial score (nSPS) is 22.0. The number of fused-ring (bicyclic) bond motifs is 1. The van der Waals surface area contributed by atoms with Crippen LogP contribution in [0, 0.1) is 0 Å². The topological polar surface area (TPSA) is 131 Å². The number of hydrogen-bond donors (Lipinski definition) is 2. The molecule has 190 valence electrons. The number of esters is 1. The molecule has 2 N–H and O–H groups in total. The van der Waals surface area contributed by atoms with Gasteiger partial charge in [0, 0.05) is 30.6 Å². The maximum Gasteiger partial charge on any atom is 0.436 e. The zero-order valence-electron chi connectivity index (χ0n) is 18.2. The third kappa shape index (κ3) is 4.99. The minimum atomic E-state index is -4.72. The van der Waals surface area contributed by atoms with Crippen molar-refractivity contribution >= 4 is 47.1 Å².